The minimum atomic E-state index is 0.665. The summed E-state index contributed by atoms with van der Waals surface area (Å²) in [6.07, 6.45) is 9.07. The van der Waals surface area contributed by atoms with E-state index in [9.17, 15) is 0 Å². The molecule has 0 aromatic carbocycles. The molecule has 0 spiro atoms. The molecule has 84 valence electrons. The first-order chi connectivity index (χ1) is 7.90. The van der Waals surface area contributed by atoms with Crippen LogP contribution in [0.15, 0.2) is 31.0 Å². The molecule has 0 saturated carbocycles. The first kappa shape index (κ1) is 11.1. The summed E-state index contributed by atoms with van der Waals surface area (Å²) in [6.45, 7) is 0.665. The second kappa shape index (κ2) is 5.61. The minimum Gasteiger partial charge on any atom is -0.327 e. The van der Waals surface area contributed by atoms with Gasteiger partial charge in [0.1, 0.15) is 5.82 Å². The Hall–Kier alpha value is -1.42. The largest absolute Gasteiger partial charge is 0.327 e. The number of nitrogens with zero attached hydrogens (tertiary/aromatic N) is 4. The Bertz CT molecular complexity index is 427. The van der Waals surface area contributed by atoms with Crippen molar-refractivity contribution >= 4 is 11.6 Å². The molecule has 0 aliphatic carbocycles. The monoisotopic (exact) mass is 236 g/mol. The molecule has 16 heavy (non-hydrogen) atoms. The van der Waals surface area contributed by atoms with Gasteiger partial charge in [0.05, 0.1) is 12.9 Å². The fourth-order valence-corrected chi connectivity index (χ4v) is 1.64. The molecular formula is C11H13ClN4. The topological polar surface area (TPSA) is 43.6 Å². The number of rotatable bonds is 5. The summed E-state index contributed by atoms with van der Waals surface area (Å²) in [5, 5.41) is 0. The van der Waals surface area contributed by atoms with E-state index in [2.05, 4.69) is 19.5 Å². The molecule has 0 aliphatic heterocycles. The molecular weight excluding hydrogens is 224 g/mol. The van der Waals surface area contributed by atoms with Crippen molar-refractivity contribution in [3.63, 3.8) is 0 Å². The third-order valence-electron chi connectivity index (χ3n) is 2.30. The predicted molar refractivity (Wildman–Crippen MR) is 62.4 cm³/mol. The normalized spacial score (nSPS) is 10.6. The highest BCUT2D eigenvalue weighted by Crippen LogP contribution is 2.05. The molecule has 2 aromatic rings. The number of alkyl halides is 1. The number of hydrogen-bond acceptors (Lipinski definition) is 3. The second-order valence-corrected chi connectivity index (χ2v) is 3.85. The third kappa shape index (κ3) is 2.79. The molecule has 2 heterocycles. The average Bonchev–Trinajstić information content (AvgIpc) is 2.75. The summed E-state index contributed by atoms with van der Waals surface area (Å²) >= 11 is 5.68. The van der Waals surface area contributed by atoms with Gasteiger partial charge in [0.2, 0.25) is 0 Å². The van der Waals surface area contributed by atoms with Crippen molar-refractivity contribution in [3.05, 3.63) is 42.5 Å². The van der Waals surface area contributed by atoms with E-state index in [4.69, 9.17) is 11.6 Å². The van der Waals surface area contributed by atoms with Gasteiger partial charge in [-0.15, -0.1) is 11.6 Å². The molecule has 2 aromatic heterocycles. The lowest BCUT2D eigenvalue weighted by Crippen LogP contribution is -2.06. The summed E-state index contributed by atoms with van der Waals surface area (Å²) in [4.78, 5) is 12.5. The Morgan fingerprint density at radius 1 is 1.25 bits per heavy atom. The van der Waals surface area contributed by atoms with Crippen LogP contribution in [0.4, 0.5) is 0 Å². The summed E-state index contributed by atoms with van der Waals surface area (Å²) < 4.78 is 2.06. The maximum Gasteiger partial charge on any atom is 0.147 e. The second-order valence-electron chi connectivity index (χ2n) is 3.47. The molecule has 0 saturated heterocycles. The van der Waals surface area contributed by atoms with Gasteiger partial charge in [-0.2, -0.15) is 0 Å². The van der Waals surface area contributed by atoms with E-state index >= 15 is 0 Å². The van der Waals surface area contributed by atoms with E-state index in [0.29, 0.717) is 12.4 Å². The van der Waals surface area contributed by atoms with Crippen molar-refractivity contribution in [2.75, 3.05) is 5.88 Å². The smallest absolute Gasteiger partial charge is 0.147 e. The Balaban J connectivity index is 2.07. The van der Waals surface area contributed by atoms with Gasteiger partial charge in [-0.05, 0) is 18.9 Å². The average molecular weight is 237 g/mol. The van der Waals surface area contributed by atoms with Crippen LogP contribution in [0.2, 0.25) is 0 Å². The van der Waals surface area contributed by atoms with Gasteiger partial charge >= 0.3 is 0 Å². The lowest BCUT2D eigenvalue weighted by molar-refractivity contribution is 0.691. The first-order valence-electron chi connectivity index (χ1n) is 5.21. The lowest BCUT2D eigenvalue weighted by atomic mass is 10.2. The number of aromatic nitrogens is 4. The van der Waals surface area contributed by atoms with Gasteiger partial charge in [-0.25, -0.2) is 15.0 Å². The van der Waals surface area contributed by atoms with Crippen molar-refractivity contribution in [1.29, 1.82) is 0 Å². The highest BCUT2D eigenvalue weighted by Gasteiger charge is 2.03. The fraction of sp³-hybridized carbons (Fsp3) is 0.364. The van der Waals surface area contributed by atoms with E-state index < -0.39 is 0 Å². The first-order valence-corrected chi connectivity index (χ1v) is 5.74. The van der Waals surface area contributed by atoms with Crippen LogP contribution in [-0.4, -0.2) is 25.4 Å². The molecule has 0 amide bonds. The van der Waals surface area contributed by atoms with Crippen LogP contribution in [0.25, 0.3) is 0 Å². The van der Waals surface area contributed by atoms with Crippen LogP contribution in [0, 0.1) is 0 Å². The molecule has 2 rings (SSSR count). The zero-order valence-corrected chi connectivity index (χ0v) is 9.64. The van der Waals surface area contributed by atoms with Gasteiger partial charge < -0.3 is 4.57 Å². The van der Waals surface area contributed by atoms with Gasteiger partial charge in [-0.3, -0.25) is 0 Å². The van der Waals surface area contributed by atoms with Gasteiger partial charge in [0.15, 0.2) is 0 Å². The Kier molecular flexibility index (Phi) is 3.88. The van der Waals surface area contributed by atoms with Crippen LogP contribution in [0.5, 0.6) is 0 Å². The van der Waals surface area contributed by atoms with Crippen molar-refractivity contribution in [2.45, 2.75) is 19.4 Å². The maximum atomic E-state index is 5.68. The number of hydrogen-bond donors (Lipinski definition) is 0. The molecule has 0 radical (unpaired) electrons. The SMILES string of the molecule is ClCCCc1cncn1Cc1ncccn1. The van der Waals surface area contributed by atoms with Crippen molar-refractivity contribution in [2.24, 2.45) is 0 Å². The standard InChI is InChI=1S/C11H13ClN4/c12-4-1-3-10-7-13-9-16(10)8-11-14-5-2-6-15-11/h2,5-7,9H,1,3-4,8H2. The van der Waals surface area contributed by atoms with E-state index in [0.717, 1.165) is 18.7 Å². The third-order valence-corrected chi connectivity index (χ3v) is 2.56. The summed E-state index contributed by atoms with van der Waals surface area (Å²) in [5.41, 5.74) is 1.17. The van der Waals surface area contributed by atoms with Crippen molar-refractivity contribution < 1.29 is 0 Å². The van der Waals surface area contributed by atoms with Crippen LogP contribution in [0.1, 0.15) is 17.9 Å². The molecule has 0 atom stereocenters. The van der Waals surface area contributed by atoms with Crippen LogP contribution < -0.4 is 0 Å². The Morgan fingerprint density at radius 2 is 2.06 bits per heavy atom. The number of aryl methyl sites for hydroxylation is 1. The minimum absolute atomic E-state index is 0.665. The summed E-state index contributed by atoms with van der Waals surface area (Å²) in [7, 11) is 0. The molecule has 4 nitrogen and oxygen atoms in total. The zero-order valence-electron chi connectivity index (χ0n) is 8.88. The Morgan fingerprint density at radius 3 is 2.81 bits per heavy atom. The predicted octanol–water partition coefficient (Wildman–Crippen LogP) is 1.89. The van der Waals surface area contributed by atoms with E-state index in [1.54, 1.807) is 18.7 Å². The van der Waals surface area contributed by atoms with Gasteiger partial charge in [0, 0.05) is 30.2 Å². The summed E-state index contributed by atoms with van der Waals surface area (Å²) in [6, 6.07) is 1.81. The van der Waals surface area contributed by atoms with E-state index in [-0.39, 0.29) is 0 Å². The molecule has 0 bridgehead atoms. The highest BCUT2D eigenvalue weighted by molar-refractivity contribution is 6.17. The van der Waals surface area contributed by atoms with E-state index in [1.807, 2.05) is 12.3 Å². The highest BCUT2D eigenvalue weighted by atomic mass is 35.5. The van der Waals surface area contributed by atoms with Crippen LogP contribution >= 0.6 is 11.6 Å². The Labute approximate surface area is 99.3 Å². The summed E-state index contributed by atoms with van der Waals surface area (Å²) in [5.74, 6) is 1.47. The maximum absolute atomic E-state index is 5.68. The lowest BCUT2D eigenvalue weighted by Gasteiger charge is -2.05. The van der Waals surface area contributed by atoms with E-state index in [1.165, 1.54) is 5.69 Å². The van der Waals surface area contributed by atoms with Crippen LogP contribution in [-0.2, 0) is 13.0 Å². The molecule has 0 aliphatic rings. The molecule has 0 fully saturated rings. The van der Waals surface area contributed by atoms with Gasteiger partial charge in [0.25, 0.3) is 0 Å². The molecule has 5 heteroatoms. The number of halogens is 1. The zero-order chi connectivity index (χ0) is 11.2. The number of imidazole rings is 1. The fourth-order valence-electron chi connectivity index (χ4n) is 1.51. The molecule has 0 N–H and O–H groups in total. The quantitative estimate of drug-likeness (QED) is 0.745. The van der Waals surface area contributed by atoms with Gasteiger partial charge in [-0.1, -0.05) is 0 Å². The van der Waals surface area contributed by atoms with Crippen molar-refractivity contribution in [1.82, 2.24) is 19.5 Å². The molecule has 0 unspecified atom stereocenters. The van der Waals surface area contributed by atoms with Crippen LogP contribution in [0.3, 0.4) is 0 Å². The van der Waals surface area contributed by atoms with Crippen molar-refractivity contribution in [3.8, 4) is 0 Å².